The maximum atomic E-state index is 13.0. The molecule has 0 atom stereocenters. The highest BCUT2D eigenvalue weighted by Gasteiger charge is 2.06. The van der Waals surface area contributed by atoms with Gasteiger partial charge in [-0.15, -0.1) is 0 Å². The molecule has 2 rings (SSSR count). The SMILES string of the molecule is N/C(Cc1ccccc1)=N\OCC(=O)Nc1ccc(F)c(Cl)c1. The molecule has 0 fully saturated rings. The quantitative estimate of drug-likeness (QED) is 0.484. The summed E-state index contributed by atoms with van der Waals surface area (Å²) in [6.45, 7) is -0.315. The van der Waals surface area contributed by atoms with Gasteiger partial charge in [0.15, 0.2) is 6.61 Å². The van der Waals surface area contributed by atoms with Crippen LogP contribution in [0.5, 0.6) is 0 Å². The van der Waals surface area contributed by atoms with E-state index in [9.17, 15) is 9.18 Å². The number of benzene rings is 2. The standard InChI is InChI=1S/C16H15ClFN3O2/c17-13-9-12(6-7-14(13)18)20-16(22)10-23-21-15(19)8-11-4-2-1-3-5-11/h1-7,9H,8,10H2,(H2,19,21)(H,20,22). The number of oxime groups is 1. The van der Waals surface area contributed by atoms with Crippen LogP contribution >= 0.6 is 11.6 Å². The van der Waals surface area contributed by atoms with Crippen molar-refractivity contribution >= 4 is 29.0 Å². The Kier molecular flexibility index (Phi) is 5.94. The zero-order chi connectivity index (χ0) is 16.7. The summed E-state index contributed by atoms with van der Waals surface area (Å²) >= 11 is 5.62. The van der Waals surface area contributed by atoms with Crippen LogP contribution < -0.4 is 11.1 Å². The van der Waals surface area contributed by atoms with E-state index >= 15 is 0 Å². The minimum atomic E-state index is -0.556. The van der Waals surface area contributed by atoms with Gasteiger partial charge < -0.3 is 15.9 Å². The number of amides is 1. The highest BCUT2D eigenvalue weighted by atomic mass is 35.5. The van der Waals surface area contributed by atoms with Gasteiger partial charge in [-0.2, -0.15) is 0 Å². The maximum Gasteiger partial charge on any atom is 0.265 e. The van der Waals surface area contributed by atoms with Gasteiger partial charge in [-0.1, -0.05) is 47.1 Å². The van der Waals surface area contributed by atoms with E-state index in [1.54, 1.807) is 0 Å². The molecule has 2 aromatic rings. The van der Waals surface area contributed by atoms with E-state index < -0.39 is 11.7 Å². The van der Waals surface area contributed by atoms with E-state index in [0.717, 1.165) is 11.6 Å². The molecule has 0 spiro atoms. The molecule has 0 aliphatic heterocycles. The Labute approximate surface area is 137 Å². The second kappa shape index (κ2) is 8.14. The largest absolute Gasteiger partial charge is 0.384 e. The zero-order valence-corrected chi connectivity index (χ0v) is 12.9. The van der Waals surface area contributed by atoms with Crippen molar-refractivity contribution in [2.75, 3.05) is 11.9 Å². The maximum absolute atomic E-state index is 13.0. The molecule has 5 nitrogen and oxygen atoms in total. The van der Waals surface area contributed by atoms with Crippen molar-refractivity contribution in [3.63, 3.8) is 0 Å². The summed E-state index contributed by atoms with van der Waals surface area (Å²) in [4.78, 5) is 16.6. The third-order valence-electron chi connectivity index (χ3n) is 2.81. The van der Waals surface area contributed by atoms with Crippen molar-refractivity contribution < 1.29 is 14.0 Å². The lowest BCUT2D eigenvalue weighted by atomic mass is 10.1. The fourth-order valence-electron chi connectivity index (χ4n) is 1.78. The van der Waals surface area contributed by atoms with Crippen LogP contribution in [0.4, 0.5) is 10.1 Å². The average Bonchev–Trinajstić information content (AvgIpc) is 2.52. The van der Waals surface area contributed by atoms with Crippen LogP contribution in [-0.2, 0) is 16.1 Å². The van der Waals surface area contributed by atoms with Crippen molar-refractivity contribution in [2.24, 2.45) is 10.9 Å². The Morgan fingerprint density at radius 1 is 1.26 bits per heavy atom. The smallest absolute Gasteiger partial charge is 0.265 e. The molecule has 7 heteroatoms. The predicted octanol–water partition coefficient (Wildman–Crippen LogP) is 2.95. The van der Waals surface area contributed by atoms with Crippen LogP contribution in [0.25, 0.3) is 0 Å². The first-order chi connectivity index (χ1) is 11.0. The molecule has 0 saturated heterocycles. The van der Waals surface area contributed by atoms with E-state index in [1.165, 1.54) is 12.1 Å². The van der Waals surface area contributed by atoms with Crippen LogP contribution in [0.1, 0.15) is 5.56 Å². The summed E-state index contributed by atoms with van der Waals surface area (Å²) in [6.07, 6.45) is 0.427. The highest BCUT2D eigenvalue weighted by Crippen LogP contribution is 2.19. The highest BCUT2D eigenvalue weighted by molar-refractivity contribution is 6.31. The second-order valence-electron chi connectivity index (χ2n) is 4.70. The lowest BCUT2D eigenvalue weighted by molar-refractivity contribution is -0.120. The summed E-state index contributed by atoms with van der Waals surface area (Å²) in [5, 5.41) is 6.11. The fraction of sp³-hybridized carbons (Fsp3) is 0.125. The number of hydrogen-bond acceptors (Lipinski definition) is 3. The fourth-order valence-corrected chi connectivity index (χ4v) is 1.96. The normalized spacial score (nSPS) is 11.1. The van der Waals surface area contributed by atoms with E-state index in [0.29, 0.717) is 12.1 Å². The van der Waals surface area contributed by atoms with Crippen LogP contribution in [0.2, 0.25) is 5.02 Å². The van der Waals surface area contributed by atoms with Gasteiger partial charge >= 0.3 is 0 Å². The molecule has 0 unspecified atom stereocenters. The number of nitrogens with two attached hydrogens (primary N) is 1. The number of nitrogens with one attached hydrogen (secondary N) is 1. The number of anilines is 1. The summed E-state index contributed by atoms with van der Waals surface area (Å²) in [6, 6.07) is 13.4. The summed E-state index contributed by atoms with van der Waals surface area (Å²) in [5.74, 6) is -0.753. The molecule has 23 heavy (non-hydrogen) atoms. The number of amidine groups is 1. The van der Waals surface area contributed by atoms with E-state index in [2.05, 4.69) is 10.5 Å². The first kappa shape index (κ1) is 16.8. The van der Waals surface area contributed by atoms with Crippen LogP contribution in [0.15, 0.2) is 53.7 Å². The Morgan fingerprint density at radius 3 is 2.70 bits per heavy atom. The number of carbonyl (C=O) groups excluding carboxylic acids is 1. The lowest BCUT2D eigenvalue weighted by Gasteiger charge is -2.06. The molecule has 3 N–H and O–H groups in total. The van der Waals surface area contributed by atoms with Crippen molar-refractivity contribution in [3.05, 3.63) is 64.9 Å². The van der Waals surface area contributed by atoms with Crippen molar-refractivity contribution in [1.29, 1.82) is 0 Å². The topological polar surface area (TPSA) is 76.7 Å². The molecule has 0 aromatic heterocycles. The number of halogens is 2. The molecule has 0 aliphatic rings. The monoisotopic (exact) mass is 335 g/mol. The summed E-state index contributed by atoms with van der Waals surface area (Å²) in [7, 11) is 0. The Balaban J connectivity index is 1.79. The number of rotatable bonds is 6. The minimum absolute atomic E-state index is 0.0751. The van der Waals surface area contributed by atoms with Gasteiger partial charge in [0, 0.05) is 12.1 Å². The van der Waals surface area contributed by atoms with Crippen molar-refractivity contribution in [2.45, 2.75) is 6.42 Å². The van der Waals surface area contributed by atoms with Gasteiger partial charge in [-0.05, 0) is 23.8 Å². The van der Waals surface area contributed by atoms with E-state index in [1.807, 2.05) is 30.3 Å². The molecule has 0 radical (unpaired) electrons. The Bertz CT molecular complexity index is 708. The van der Waals surface area contributed by atoms with Crippen LogP contribution in [-0.4, -0.2) is 18.3 Å². The number of hydrogen-bond donors (Lipinski definition) is 2. The molecular weight excluding hydrogens is 321 g/mol. The third kappa shape index (κ3) is 5.60. The van der Waals surface area contributed by atoms with Crippen molar-refractivity contribution in [3.8, 4) is 0 Å². The van der Waals surface area contributed by atoms with Gasteiger partial charge in [-0.25, -0.2) is 4.39 Å². The molecule has 2 aromatic carbocycles. The third-order valence-corrected chi connectivity index (χ3v) is 3.10. The molecule has 0 bridgehead atoms. The molecule has 0 aliphatic carbocycles. The van der Waals surface area contributed by atoms with E-state index in [-0.39, 0.29) is 17.5 Å². The van der Waals surface area contributed by atoms with Gasteiger partial charge in [-0.3, -0.25) is 4.79 Å². The predicted molar refractivity (Wildman–Crippen MR) is 87.8 cm³/mol. The lowest BCUT2D eigenvalue weighted by Crippen LogP contribution is -2.20. The molecule has 1 amide bonds. The summed E-state index contributed by atoms with van der Waals surface area (Å²) < 4.78 is 13.0. The minimum Gasteiger partial charge on any atom is -0.384 e. The number of nitrogens with zero attached hydrogens (tertiary/aromatic N) is 1. The first-order valence-electron chi connectivity index (χ1n) is 6.77. The Hall–Kier alpha value is -2.60. The van der Waals surface area contributed by atoms with Crippen LogP contribution in [0, 0.1) is 5.82 Å². The second-order valence-corrected chi connectivity index (χ2v) is 5.10. The molecule has 0 heterocycles. The van der Waals surface area contributed by atoms with Gasteiger partial charge in [0.25, 0.3) is 5.91 Å². The van der Waals surface area contributed by atoms with Gasteiger partial charge in [0.2, 0.25) is 0 Å². The zero-order valence-electron chi connectivity index (χ0n) is 12.1. The molecular formula is C16H15ClFN3O2. The Morgan fingerprint density at radius 2 is 2.00 bits per heavy atom. The summed E-state index contributed by atoms with van der Waals surface area (Å²) in [5.41, 5.74) is 7.07. The van der Waals surface area contributed by atoms with Gasteiger partial charge in [0.05, 0.1) is 5.02 Å². The average molecular weight is 336 g/mol. The van der Waals surface area contributed by atoms with Crippen LogP contribution in [0.3, 0.4) is 0 Å². The van der Waals surface area contributed by atoms with E-state index in [4.69, 9.17) is 22.2 Å². The molecule has 0 saturated carbocycles. The van der Waals surface area contributed by atoms with Gasteiger partial charge in [0.1, 0.15) is 11.7 Å². The number of carbonyl (C=O) groups is 1. The first-order valence-corrected chi connectivity index (χ1v) is 7.15. The van der Waals surface area contributed by atoms with Crippen molar-refractivity contribution in [1.82, 2.24) is 0 Å². The molecule has 120 valence electrons.